The molecule has 0 heterocycles. The molecule has 0 saturated heterocycles. The van der Waals surface area contributed by atoms with Crippen LogP contribution in [0.1, 0.15) is 36.1 Å². The summed E-state index contributed by atoms with van der Waals surface area (Å²) in [6.45, 7) is 6.69. The fourth-order valence-electron chi connectivity index (χ4n) is 3.29. The molecular weight excluding hydrogens is 476 g/mol. The summed E-state index contributed by atoms with van der Waals surface area (Å²) in [5.41, 5.74) is 12.5. The van der Waals surface area contributed by atoms with E-state index in [-0.39, 0.29) is 5.91 Å². The third-order valence-electron chi connectivity index (χ3n) is 5.17. The van der Waals surface area contributed by atoms with Gasteiger partial charge in [0.1, 0.15) is 12.4 Å². The molecule has 3 aromatic carbocycles. The minimum atomic E-state index is -0.252. The highest BCUT2D eigenvalue weighted by Gasteiger charge is 2.12. The molecular formula is C28H29BrN2O2. The number of amides is 1. The Balaban J connectivity index is 1.88. The Morgan fingerprint density at radius 1 is 1.06 bits per heavy atom. The number of benzene rings is 3. The molecule has 3 rings (SSSR count). The van der Waals surface area contributed by atoms with Crippen LogP contribution in [-0.4, -0.2) is 5.91 Å². The highest BCUT2D eigenvalue weighted by Crippen LogP contribution is 2.31. The van der Waals surface area contributed by atoms with Gasteiger partial charge in [0.2, 0.25) is 5.91 Å². The normalized spacial score (nSPS) is 10.8. The fourth-order valence-corrected chi connectivity index (χ4v) is 3.56. The molecule has 0 aliphatic heterocycles. The molecule has 0 fully saturated rings. The number of carbonyl (C=O) groups is 1. The van der Waals surface area contributed by atoms with Crippen LogP contribution in [-0.2, 0) is 17.8 Å². The molecule has 0 aliphatic carbocycles. The van der Waals surface area contributed by atoms with Gasteiger partial charge < -0.3 is 15.8 Å². The first kappa shape index (κ1) is 24.3. The van der Waals surface area contributed by atoms with E-state index in [1.165, 1.54) is 11.6 Å². The van der Waals surface area contributed by atoms with E-state index in [2.05, 4.69) is 54.2 Å². The van der Waals surface area contributed by atoms with Crippen LogP contribution in [0.4, 0.5) is 11.4 Å². The molecule has 0 aliphatic rings. The first-order chi connectivity index (χ1) is 15.8. The van der Waals surface area contributed by atoms with Crippen LogP contribution in [0.2, 0.25) is 0 Å². The summed E-state index contributed by atoms with van der Waals surface area (Å²) in [4.78, 5) is 12.5. The predicted octanol–water partition coefficient (Wildman–Crippen LogP) is 7.08. The lowest BCUT2D eigenvalue weighted by atomic mass is 9.99. The zero-order valence-corrected chi connectivity index (χ0v) is 20.8. The average Bonchev–Trinajstić information content (AvgIpc) is 2.78. The number of allylic oxidation sites excluding steroid dienone is 2. The molecule has 5 heteroatoms. The number of anilines is 2. The third kappa shape index (κ3) is 7.09. The molecule has 0 bridgehead atoms. The number of halogens is 1. The van der Waals surface area contributed by atoms with E-state index in [1.54, 1.807) is 18.2 Å². The second kappa shape index (κ2) is 11.5. The number of rotatable bonds is 8. The first-order valence-corrected chi connectivity index (χ1v) is 11.6. The van der Waals surface area contributed by atoms with Gasteiger partial charge in [-0.15, -0.1) is 0 Å². The van der Waals surface area contributed by atoms with Crippen molar-refractivity contribution in [3.63, 3.8) is 0 Å². The standard InChI is InChI=1S/C28H29BrN2O2/c1-19(2)8-16-24-20(3)9-12-22(28(24)33-18-21-10-14-23(29)15-11-21)13-17-27(32)31-26-7-5-4-6-25(26)30/h4-15,17H,16,18,30H2,1-3H3,(H,31,32)/b17-13+. The molecule has 0 saturated carbocycles. The number of aryl methyl sites for hydroxylation is 1. The number of carbonyl (C=O) groups excluding carboxylic acids is 1. The minimum Gasteiger partial charge on any atom is -0.488 e. The summed E-state index contributed by atoms with van der Waals surface area (Å²) in [7, 11) is 0. The van der Waals surface area contributed by atoms with E-state index in [4.69, 9.17) is 10.5 Å². The van der Waals surface area contributed by atoms with Crippen molar-refractivity contribution in [2.24, 2.45) is 0 Å². The zero-order valence-electron chi connectivity index (χ0n) is 19.2. The van der Waals surface area contributed by atoms with Crippen LogP contribution in [0.5, 0.6) is 5.75 Å². The van der Waals surface area contributed by atoms with Crippen molar-refractivity contribution < 1.29 is 9.53 Å². The summed E-state index contributed by atoms with van der Waals surface area (Å²) in [5.74, 6) is 0.539. The van der Waals surface area contributed by atoms with E-state index < -0.39 is 0 Å². The van der Waals surface area contributed by atoms with Gasteiger partial charge >= 0.3 is 0 Å². The number of nitrogens with two attached hydrogens (primary N) is 1. The number of hydrogen-bond acceptors (Lipinski definition) is 3. The van der Waals surface area contributed by atoms with E-state index >= 15 is 0 Å². The smallest absolute Gasteiger partial charge is 0.248 e. The van der Waals surface area contributed by atoms with Crippen molar-refractivity contribution in [1.29, 1.82) is 0 Å². The van der Waals surface area contributed by atoms with Crippen molar-refractivity contribution in [2.45, 2.75) is 33.8 Å². The number of nitrogen functional groups attached to an aromatic ring is 1. The summed E-state index contributed by atoms with van der Waals surface area (Å²) in [6.07, 6.45) is 6.25. The fraction of sp³-hybridized carbons (Fsp3) is 0.179. The minimum absolute atomic E-state index is 0.252. The van der Waals surface area contributed by atoms with Gasteiger partial charge in [0.25, 0.3) is 0 Å². The van der Waals surface area contributed by atoms with E-state index in [0.29, 0.717) is 18.0 Å². The molecule has 0 atom stereocenters. The molecule has 0 spiro atoms. The van der Waals surface area contributed by atoms with Gasteiger partial charge in [0, 0.05) is 21.7 Å². The van der Waals surface area contributed by atoms with Gasteiger partial charge in [-0.1, -0.05) is 64.0 Å². The lowest BCUT2D eigenvalue weighted by molar-refractivity contribution is -0.111. The Morgan fingerprint density at radius 3 is 2.48 bits per heavy atom. The average molecular weight is 505 g/mol. The Kier molecular flexibility index (Phi) is 8.50. The van der Waals surface area contributed by atoms with Gasteiger partial charge in [-0.2, -0.15) is 0 Å². The second-order valence-electron chi connectivity index (χ2n) is 8.09. The van der Waals surface area contributed by atoms with Crippen LogP contribution < -0.4 is 15.8 Å². The highest BCUT2D eigenvalue weighted by molar-refractivity contribution is 9.10. The van der Waals surface area contributed by atoms with Crippen molar-refractivity contribution >= 4 is 39.3 Å². The summed E-state index contributed by atoms with van der Waals surface area (Å²) >= 11 is 3.47. The number of para-hydroxylation sites is 2. The first-order valence-electron chi connectivity index (χ1n) is 10.8. The van der Waals surface area contributed by atoms with Gasteiger partial charge in [-0.3, -0.25) is 4.79 Å². The van der Waals surface area contributed by atoms with Crippen molar-refractivity contribution in [3.05, 3.63) is 105 Å². The zero-order chi connectivity index (χ0) is 23.8. The monoisotopic (exact) mass is 504 g/mol. The molecule has 4 nitrogen and oxygen atoms in total. The van der Waals surface area contributed by atoms with Gasteiger partial charge in [0.05, 0.1) is 11.4 Å². The summed E-state index contributed by atoms with van der Waals surface area (Å²) < 4.78 is 7.36. The van der Waals surface area contributed by atoms with Crippen LogP contribution >= 0.6 is 15.9 Å². The number of nitrogens with one attached hydrogen (secondary N) is 1. The van der Waals surface area contributed by atoms with E-state index in [1.807, 2.05) is 42.5 Å². The molecule has 0 unspecified atom stereocenters. The molecule has 3 N–H and O–H groups in total. The number of hydrogen-bond donors (Lipinski definition) is 2. The topological polar surface area (TPSA) is 64.4 Å². The summed E-state index contributed by atoms with van der Waals surface area (Å²) in [6, 6.07) is 19.3. The van der Waals surface area contributed by atoms with Crippen LogP contribution in [0, 0.1) is 6.92 Å². The predicted molar refractivity (Wildman–Crippen MR) is 141 cm³/mol. The van der Waals surface area contributed by atoms with Crippen molar-refractivity contribution in [1.82, 2.24) is 0 Å². The quantitative estimate of drug-likeness (QED) is 0.195. The van der Waals surface area contributed by atoms with Crippen LogP contribution in [0.25, 0.3) is 6.08 Å². The van der Waals surface area contributed by atoms with Crippen LogP contribution in [0.15, 0.2) is 82.9 Å². The molecule has 0 aromatic heterocycles. The molecule has 3 aromatic rings. The Bertz CT molecular complexity index is 1180. The number of ether oxygens (including phenoxy) is 1. The van der Waals surface area contributed by atoms with Crippen molar-refractivity contribution in [3.8, 4) is 5.75 Å². The Hall–Kier alpha value is -3.31. The van der Waals surface area contributed by atoms with Gasteiger partial charge in [0.15, 0.2) is 0 Å². The van der Waals surface area contributed by atoms with Gasteiger partial charge in [-0.05, 0) is 68.7 Å². The maximum atomic E-state index is 12.5. The highest BCUT2D eigenvalue weighted by atomic mass is 79.9. The molecule has 1 amide bonds. The lowest BCUT2D eigenvalue weighted by Gasteiger charge is -2.16. The van der Waals surface area contributed by atoms with Crippen LogP contribution in [0.3, 0.4) is 0 Å². The second-order valence-corrected chi connectivity index (χ2v) is 9.01. The third-order valence-corrected chi connectivity index (χ3v) is 5.70. The Morgan fingerprint density at radius 2 is 1.79 bits per heavy atom. The maximum Gasteiger partial charge on any atom is 0.248 e. The molecule has 170 valence electrons. The van der Waals surface area contributed by atoms with Crippen molar-refractivity contribution in [2.75, 3.05) is 11.1 Å². The van der Waals surface area contributed by atoms with E-state index in [9.17, 15) is 4.79 Å². The van der Waals surface area contributed by atoms with E-state index in [0.717, 1.165) is 38.9 Å². The molecule has 0 radical (unpaired) electrons. The maximum absolute atomic E-state index is 12.5. The molecule has 33 heavy (non-hydrogen) atoms. The lowest BCUT2D eigenvalue weighted by Crippen LogP contribution is -2.09. The Labute approximate surface area is 204 Å². The summed E-state index contributed by atoms with van der Waals surface area (Å²) in [5, 5.41) is 2.82. The SMILES string of the molecule is CC(C)=CCc1c(C)ccc(/C=C/C(=O)Nc2ccccc2N)c1OCc1ccc(Br)cc1. The largest absolute Gasteiger partial charge is 0.488 e. The van der Waals surface area contributed by atoms with Gasteiger partial charge in [-0.25, -0.2) is 0 Å².